The SMILES string of the molecule is C.C.C.C.CCc1ccc(Cc2ccc(Cc3ccc(Cc4ccc(C)cc4)cc3)cc2)cc1. The van der Waals surface area contributed by atoms with Gasteiger partial charge in [-0.05, 0) is 71.6 Å². The fourth-order valence-electron chi connectivity index (χ4n) is 3.86. The van der Waals surface area contributed by atoms with Gasteiger partial charge in [0, 0.05) is 0 Å². The van der Waals surface area contributed by atoms with Gasteiger partial charge in [0.15, 0.2) is 0 Å². The summed E-state index contributed by atoms with van der Waals surface area (Å²) in [4.78, 5) is 0. The molecule has 4 aromatic carbocycles. The summed E-state index contributed by atoms with van der Waals surface area (Å²) in [6.45, 7) is 4.33. The maximum Gasteiger partial charge on any atom is -0.00258 e. The average molecular weight is 455 g/mol. The van der Waals surface area contributed by atoms with Crippen LogP contribution in [0.3, 0.4) is 0 Å². The molecular formula is C34H46. The predicted octanol–water partition coefficient (Wildman–Crippen LogP) is 9.87. The van der Waals surface area contributed by atoms with Crippen LogP contribution in [0.5, 0.6) is 0 Å². The number of aryl methyl sites for hydroxylation is 2. The first kappa shape index (κ1) is 30.9. The van der Waals surface area contributed by atoms with Gasteiger partial charge in [-0.15, -0.1) is 0 Å². The summed E-state index contributed by atoms with van der Waals surface area (Å²) in [5.74, 6) is 0. The Morgan fingerprint density at radius 1 is 0.353 bits per heavy atom. The van der Waals surface area contributed by atoms with Crippen molar-refractivity contribution in [2.75, 3.05) is 0 Å². The van der Waals surface area contributed by atoms with Crippen molar-refractivity contribution in [2.45, 2.75) is 69.2 Å². The average Bonchev–Trinajstić information content (AvgIpc) is 2.78. The monoisotopic (exact) mass is 454 g/mol. The van der Waals surface area contributed by atoms with Gasteiger partial charge in [0.25, 0.3) is 0 Å². The van der Waals surface area contributed by atoms with E-state index in [0.29, 0.717) is 0 Å². The van der Waals surface area contributed by atoms with Gasteiger partial charge in [0.2, 0.25) is 0 Å². The molecule has 182 valence electrons. The molecule has 0 fully saturated rings. The highest BCUT2D eigenvalue weighted by Crippen LogP contribution is 2.17. The summed E-state index contributed by atoms with van der Waals surface area (Å²) >= 11 is 0. The van der Waals surface area contributed by atoms with E-state index in [1.165, 1.54) is 44.5 Å². The molecule has 0 heterocycles. The minimum Gasteiger partial charge on any atom is -0.0776 e. The van der Waals surface area contributed by atoms with Crippen molar-refractivity contribution in [1.82, 2.24) is 0 Å². The Morgan fingerprint density at radius 2 is 0.559 bits per heavy atom. The summed E-state index contributed by atoms with van der Waals surface area (Å²) < 4.78 is 0. The molecule has 0 saturated heterocycles. The highest BCUT2D eigenvalue weighted by atomic mass is 14.1. The number of benzene rings is 4. The third-order valence-electron chi connectivity index (χ3n) is 5.82. The van der Waals surface area contributed by atoms with Crippen molar-refractivity contribution in [3.8, 4) is 0 Å². The molecule has 4 aromatic rings. The highest BCUT2D eigenvalue weighted by Gasteiger charge is 2.01. The van der Waals surface area contributed by atoms with Crippen molar-refractivity contribution < 1.29 is 0 Å². The van der Waals surface area contributed by atoms with Gasteiger partial charge in [0.05, 0.1) is 0 Å². The van der Waals surface area contributed by atoms with Crippen LogP contribution >= 0.6 is 0 Å². The second kappa shape index (κ2) is 14.9. The Bertz CT molecular complexity index is 1050. The summed E-state index contributed by atoms with van der Waals surface area (Å²) in [6.07, 6.45) is 4.07. The predicted molar refractivity (Wildman–Crippen MR) is 155 cm³/mol. The van der Waals surface area contributed by atoms with E-state index in [-0.39, 0.29) is 29.7 Å². The molecule has 0 aliphatic rings. The summed E-state index contributed by atoms with van der Waals surface area (Å²) in [5, 5.41) is 0. The lowest BCUT2D eigenvalue weighted by Crippen LogP contribution is -1.93. The van der Waals surface area contributed by atoms with Crippen molar-refractivity contribution in [2.24, 2.45) is 0 Å². The first-order chi connectivity index (χ1) is 14.7. The highest BCUT2D eigenvalue weighted by molar-refractivity contribution is 5.35. The second-order valence-corrected chi connectivity index (χ2v) is 8.32. The van der Waals surface area contributed by atoms with E-state index in [2.05, 4.69) is 111 Å². The first-order valence-electron chi connectivity index (χ1n) is 11.0. The lowest BCUT2D eigenvalue weighted by atomic mass is 9.98. The van der Waals surface area contributed by atoms with E-state index in [4.69, 9.17) is 0 Å². The van der Waals surface area contributed by atoms with Gasteiger partial charge in [-0.1, -0.05) is 139 Å². The standard InChI is InChI=1S/C30H30.4CH4/c1-3-24-8-10-26(11-9-24)21-28-16-18-30(19-17-28)22-29-14-12-27(13-15-29)20-25-6-4-23(2)5-7-25;;;;/h4-19H,3,20-22H2,1-2H3;4*1H4. The molecule has 0 unspecified atom stereocenters. The van der Waals surface area contributed by atoms with Crippen molar-refractivity contribution in [3.05, 3.63) is 142 Å². The summed E-state index contributed by atoms with van der Waals surface area (Å²) in [6, 6.07) is 36.0. The van der Waals surface area contributed by atoms with E-state index in [1.807, 2.05) is 0 Å². The third-order valence-corrected chi connectivity index (χ3v) is 5.82. The quantitative estimate of drug-likeness (QED) is 0.260. The topological polar surface area (TPSA) is 0 Å². The molecule has 0 saturated carbocycles. The molecule has 0 atom stereocenters. The van der Waals surface area contributed by atoms with Crippen LogP contribution in [0.2, 0.25) is 0 Å². The third kappa shape index (κ3) is 8.67. The van der Waals surface area contributed by atoms with Crippen LogP contribution in [0, 0.1) is 6.92 Å². The Kier molecular flexibility index (Phi) is 13.5. The lowest BCUT2D eigenvalue weighted by molar-refractivity contribution is 1.11. The zero-order valence-corrected chi connectivity index (χ0v) is 18.1. The Morgan fingerprint density at radius 3 is 0.794 bits per heavy atom. The van der Waals surface area contributed by atoms with Gasteiger partial charge in [-0.3, -0.25) is 0 Å². The fourth-order valence-corrected chi connectivity index (χ4v) is 3.86. The molecule has 0 amide bonds. The molecule has 0 aliphatic heterocycles. The molecule has 0 spiro atoms. The number of rotatable bonds is 7. The number of hydrogen-bond acceptors (Lipinski definition) is 0. The van der Waals surface area contributed by atoms with E-state index in [1.54, 1.807) is 0 Å². The minimum absolute atomic E-state index is 0. The van der Waals surface area contributed by atoms with Crippen LogP contribution in [0.25, 0.3) is 0 Å². The van der Waals surface area contributed by atoms with Gasteiger partial charge >= 0.3 is 0 Å². The summed E-state index contributed by atoms with van der Waals surface area (Å²) in [5.41, 5.74) is 10.9. The van der Waals surface area contributed by atoms with Crippen LogP contribution < -0.4 is 0 Å². The maximum atomic E-state index is 2.27. The molecular weight excluding hydrogens is 408 g/mol. The number of hydrogen-bond donors (Lipinski definition) is 0. The molecule has 0 bridgehead atoms. The molecule has 4 rings (SSSR count). The van der Waals surface area contributed by atoms with Crippen LogP contribution in [-0.2, 0) is 25.7 Å². The Balaban J connectivity index is 0.00000272. The fraction of sp³-hybridized carbons (Fsp3) is 0.294. The van der Waals surface area contributed by atoms with Crippen LogP contribution in [0.1, 0.15) is 81.1 Å². The Labute approximate surface area is 210 Å². The molecule has 0 aliphatic carbocycles. The maximum absolute atomic E-state index is 2.27. The van der Waals surface area contributed by atoms with Gasteiger partial charge in [0.1, 0.15) is 0 Å². The summed E-state index contributed by atoms with van der Waals surface area (Å²) in [7, 11) is 0. The van der Waals surface area contributed by atoms with E-state index in [9.17, 15) is 0 Å². The molecule has 0 nitrogen and oxygen atoms in total. The molecule has 0 aromatic heterocycles. The minimum atomic E-state index is 0. The van der Waals surface area contributed by atoms with E-state index >= 15 is 0 Å². The zero-order valence-electron chi connectivity index (χ0n) is 18.1. The molecule has 0 N–H and O–H groups in total. The van der Waals surface area contributed by atoms with Crippen molar-refractivity contribution in [1.29, 1.82) is 0 Å². The van der Waals surface area contributed by atoms with Gasteiger partial charge in [-0.25, -0.2) is 0 Å². The van der Waals surface area contributed by atoms with Crippen LogP contribution in [0.4, 0.5) is 0 Å². The molecule has 0 heteroatoms. The van der Waals surface area contributed by atoms with Crippen LogP contribution in [0.15, 0.2) is 97.1 Å². The van der Waals surface area contributed by atoms with E-state index in [0.717, 1.165) is 25.7 Å². The van der Waals surface area contributed by atoms with Crippen LogP contribution in [-0.4, -0.2) is 0 Å². The second-order valence-electron chi connectivity index (χ2n) is 8.32. The van der Waals surface area contributed by atoms with Crippen molar-refractivity contribution in [3.63, 3.8) is 0 Å². The largest absolute Gasteiger partial charge is 0.0776 e. The lowest BCUT2D eigenvalue weighted by Gasteiger charge is -2.07. The van der Waals surface area contributed by atoms with Gasteiger partial charge in [-0.2, -0.15) is 0 Å². The molecule has 0 radical (unpaired) electrons. The van der Waals surface area contributed by atoms with Gasteiger partial charge < -0.3 is 0 Å². The Hall–Kier alpha value is -3.12. The molecule has 34 heavy (non-hydrogen) atoms. The smallest absolute Gasteiger partial charge is 0.00258 e. The van der Waals surface area contributed by atoms with E-state index < -0.39 is 0 Å². The first-order valence-corrected chi connectivity index (χ1v) is 11.0. The normalized spacial score (nSPS) is 9.59. The zero-order chi connectivity index (χ0) is 20.8. The van der Waals surface area contributed by atoms with Crippen molar-refractivity contribution >= 4 is 0 Å².